The number of hydrogen-bond acceptors (Lipinski definition) is 5. The SMILES string of the molecule is COc1ccc2c(c1)/C(=N\OCCN(C)C)c1c-2c(=O)[nH]c2ccccc12. The van der Waals surface area contributed by atoms with E-state index in [0.29, 0.717) is 23.6 Å². The van der Waals surface area contributed by atoms with Crippen LogP contribution in [0.3, 0.4) is 0 Å². The van der Waals surface area contributed by atoms with Crippen LogP contribution in [0.5, 0.6) is 5.75 Å². The average Bonchev–Trinajstić information content (AvgIpc) is 2.99. The van der Waals surface area contributed by atoms with Crippen LogP contribution in [0.2, 0.25) is 0 Å². The Morgan fingerprint density at radius 1 is 1.07 bits per heavy atom. The molecule has 6 nitrogen and oxygen atoms in total. The fourth-order valence-corrected chi connectivity index (χ4v) is 3.37. The van der Waals surface area contributed by atoms with Crippen molar-refractivity contribution in [2.45, 2.75) is 0 Å². The number of nitrogens with one attached hydrogen (secondary N) is 1. The lowest BCUT2D eigenvalue weighted by molar-refractivity contribution is 0.126. The van der Waals surface area contributed by atoms with Gasteiger partial charge in [-0.05, 0) is 43.9 Å². The van der Waals surface area contributed by atoms with Crippen molar-refractivity contribution in [2.24, 2.45) is 5.16 Å². The Hall–Kier alpha value is -3.12. The molecule has 0 unspecified atom stereocenters. The van der Waals surface area contributed by atoms with Gasteiger partial charge >= 0.3 is 0 Å². The first-order chi connectivity index (χ1) is 13.1. The summed E-state index contributed by atoms with van der Waals surface area (Å²) in [5, 5.41) is 5.37. The van der Waals surface area contributed by atoms with Crippen LogP contribution in [0.25, 0.3) is 22.0 Å². The molecule has 0 fully saturated rings. The Bertz CT molecular complexity index is 1100. The van der Waals surface area contributed by atoms with E-state index >= 15 is 0 Å². The number of aromatic amines is 1. The van der Waals surface area contributed by atoms with Crippen molar-refractivity contribution in [1.29, 1.82) is 0 Å². The van der Waals surface area contributed by atoms with Gasteiger partial charge in [0.1, 0.15) is 18.1 Å². The zero-order valence-electron chi connectivity index (χ0n) is 15.6. The highest BCUT2D eigenvalue weighted by molar-refractivity contribution is 6.29. The van der Waals surface area contributed by atoms with E-state index in [0.717, 1.165) is 34.1 Å². The molecule has 2 aromatic carbocycles. The quantitative estimate of drug-likeness (QED) is 0.437. The van der Waals surface area contributed by atoms with Gasteiger partial charge < -0.3 is 19.5 Å². The predicted molar refractivity (Wildman–Crippen MR) is 107 cm³/mol. The van der Waals surface area contributed by atoms with Gasteiger partial charge in [-0.25, -0.2) is 0 Å². The normalized spacial score (nSPS) is 13.9. The van der Waals surface area contributed by atoms with Crippen LogP contribution in [0.4, 0.5) is 0 Å². The van der Waals surface area contributed by atoms with Crippen molar-refractivity contribution in [3.05, 3.63) is 63.9 Å². The van der Waals surface area contributed by atoms with Gasteiger partial charge in [-0.3, -0.25) is 4.79 Å². The number of rotatable bonds is 5. The Morgan fingerprint density at radius 3 is 2.67 bits per heavy atom. The third-order valence-corrected chi connectivity index (χ3v) is 4.70. The van der Waals surface area contributed by atoms with Crippen molar-refractivity contribution in [2.75, 3.05) is 34.4 Å². The summed E-state index contributed by atoms with van der Waals surface area (Å²) in [6, 6.07) is 13.4. The van der Waals surface area contributed by atoms with Gasteiger partial charge in [0.15, 0.2) is 0 Å². The van der Waals surface area contributed by atoms with Gasteiger partial charge in [0, 0.05) is 28.6 Å². The fourth-order valence-electron chi connectivity index (χ4n) is 3.37. The molecule has 0 atom stereocenters. The van der Waals surface area contributed by atoms with E-state index in [9.17, 15) is 4.79 Å². The summed E-state index contributed by atoms with van der Waals surface area (Å²) in [5.74, 6) is 0.711. The minimum atomic E-state index is -0.131. The van der Waals surface area contributed by atoms with Gasteiger partial charge in [-0.15, -0.1) is 0 Å². The molecular formula is C21H21N3O3. The summed E-state index contributed by atoms with van der Waals surface area (Å²) in [4.78, 5) is 23.4. The summed E-state index contributed by atoms with van der Waals surface area (Å²) in [6.45, 7) is 1.22. The average molecular weight is 363 g/mol. The number of fused-ring (bicyclic) bond motifs is 5. The van der Waals surface area contributed by atoms with E-state index in [4.69, 9.17) is 9.57 Å². The molecule has 27 heavy (non-hydrogen) atoms. The van der Waals surface area contributed by atoms with Crippen molar-refractivity contribution in [3.63, 3.8) is 0 Å². The molecule has 3 aromatic rings. The molecule has 0 bridgehead atoms. The number of pyridine rings is 1. The lowest BCUT2D eigenvalue weighted by atomic mass is 10.0. The van der Waals surface area contributed by atoms with Crippen molar-refractivity contribution in [3.8, 4) is 16.9 Å². The van der Waals surface area contributed by atoms with Crippen LogP contribution in [0.1, 0.15) is 11.1 Å². The maximum absolute atomic E-state index is 12.8. The number of nitrogens with zero attached hydrogens (tertiary/aromatic N) is 2. The Balaban J connectivity index is 1.93. The van der Waals surface area contributed by atoms with Crippen molar-refractivity contribution < 1.29 is 9.57 Å². The number of H-pyrrole nitrogens is 1. The lowest BCUT2D eigenvalue weighted by Crippen LogP contribution is -2.17. The zero-order chi connectivity index (χ0) is 19.0. The van der Waals surface area contributed by atoms with Crippen molar-refractivity contribution >= 4 is 16.6 Å². The monoisotopic (exact) mass is 363 g/mol. The molecule has 0 aliphatic heterocycles. The van der Waals surface area contributed by atoms with E-state index in [2.05, 4.69) is 10.1 Å². The maximum Gasteiger partial charge on any atom is 0.257 e. The number of oxime groups is 1. The molecule has 1 aliphatic carbocycles. The van der Waals surface area contributed by atoms with E-state index < -0.39 is 0 Å². The Labute approximate surface area is 157 Å². The second kappa shape index (κ2) is 6.89. The number of methoxy groups -OCH3 is 1. The first kappa shape index (κ1) is 17.3. The minimum absolute atomic E-state index is 0.131. The number of para-hydroxylation sites is 1. The predicted octanol–water partition coefficient (Wildman–Crippen LogP) is 2.85. The summed E-state index contributed by atoms with van der Waals surface area (Å²) in [7, 11) is 5.58. The first-order valence-electron chi connectivity index (χ1n) is 8.79. The Kier molecular flexibility index (Phi) is 4.41. The third kappa shape index (κ3) is 2.98. The van der Waals surface area contributed by atoms with Crippen LogP contribution < -0.4 is 10.3 Å². The molecule has 4 rings (SSSR count). The topological polar surface area (TPSA) is 66.9 Å². The van der Waals surface area contributed by atoms with Crippen LogP contribution in [0, 0.1) is 0 Å². The van der Waals surface area contributed by atoms with Crippen molar-refractivity contribution in [1.82, 2.24) is 9.88 Å². The fraction of sp³-hybridized carbons (Fsp3) is 0.238. The van der Waals surface area contributed by atoms with E-state index in [-0.39, 0.29) is 5.56 Å². The highest BCUT2D eigenvalue weighted by Gasteiger charge is 2.31. The summed E-state index contributed by atoms with van der Waals surface area (Å²) >= 11 is 0. The van der Waals surface area contributed by atoms with E-state index in [1.807, 2.05) is 61.5 Å². The molecule has 0 saturated carbocycles. The van der Waals surface area contributed by atoms with Crippen LogP contribution in [-0.4, -0.2) is 50.0 Å². The van der Waals surface area contributed by atoms with E-state index in [1.165, 1.54) is 0 Å². The largest absolute Gasteiger partial charge is 0.497 e. The highest BCUT2D eigenvalue weighted by Crippen LogP contribution is 2.39. The summed E-state index contributed by atoms with van der Waals surface area (Å²) in [5.41, 5.74) is 4.43. The number of likely N-dealkylation sites (N-methyl/N-ethyl adjacent to an activating group) is 1. The summed E-state index contributed by atoms with van der Waals surface area (Å²) < 4.78 is 5.37. The third-order valence-electron chi connectivity index (χ3n) is 4.70. The number of hydrogen-bond donors (Lipinski definition) is 1. The smallest absolute Gasteiger partial charge is 0.257 e. The minimum Gasteiger partial charge on any atom is -0.497 e. The molecule has 0 saturated heterocycles. The number of benzene rings is 2. The highest BCUT2D eigenvalue weighted by atomic mass is 16.6. The molecule has 1 heterocycles. The molecular weight excluding hydrogens is 342 g/mol. The zero-order valence-corrected chi connectivity index (χ0v) is 15.6. The molecule has 1 N–H and O–H groups in total. The lowest BCUT2D eigenvalue weighted by Gasteiger charge is -2.09. The Morgan fingerprint density at radius 2 is 1.89 bits per heavy atom. The molecule has 1 aromatic heterocycles. The second-order valence-corrected chi connectivity index (χ2v) is 6.74. The van der Waals surface area contributed by atoms with E-state index in [1.54, 1.807) is 7.11 Å². The molecule has 138 valence electrons. The molecule has 0 spiro atoms. The second-order valence-electron chi connectivity index (χ2n) is 6.74. The van der Waals surface area contributed by atoms with Gasteiger partial charge in [0.25, 0.3) is 5.56 Å². The van der Waals surface area contributed by atoms with Crippen LogP contribution >= 0.6 is 0 Å². The number of aromatic nitrogens is 1. The van der Waals surface area contributed by atoms with Gasteiger partial charge in [0.2, 0.25) is 0 Å². The summed E-state index contributed by atoms with van der Waals surface area (Å²) in [6.07, 6.45) is 0. The number of ether oxygens (including phenoxy) is 1. The molecule has 1 aliphatic rings. The van der Waals surface area contributed by atoms with Gasteiger partial charge in [0.05, 0.1) is 12.7 Å². The van der Waals surface area contributed by atoms with Gasteiger partial charge in [-0.1, -0.05) is 23.4 Å². The van der Waals surface area contributed by atoms with Crippen LogP contribution in [-0.2, 0) is 4.84 Å². The molecule has 6 heteroatoms. The first-order valence-corrected chi connectivity index (χ1v) is 8.79. The molecule has 0 radical (unpaired) electrons. The van der Waals surface area contributed by atoms with Gasteiger partial charge in [-0.2, -0.15) is 0 Å². The standard InChI is InChI=1S/C21H21N3O3/c1-24(2)10-11-27-23-20-16-12-13(26-3)8-9-14(16)19-18(20)15-6-4-5-7-17(15)22-21(19)25/h4-9,12H,10-11H2,1-3H3,(H,22,25)/b23-20+. The maximum atomic E-state index is 12.8. The van der Waals surface area contributed by atoms with Crippen LogP contribution in [0.15, 0.2) is 52.4 Å². The molecule has 0 amide bonds.